The van der Waals surface area contributed by atoms with Gasteiger partial charge in [-0.15, -0.1) is 0 Å². The maximum absolute atomic E-state index is 12.1. The maximum Gasteiger partial charge on any atom is 0.313 e. The van der Waals surface area contributed by atoms with Crippen molar-refractivity contribution in [3.63, 3.8) is 0 Å². The highest BCUT2D eigenvalue weighted by atomic mass is 35.5. The van der Waals surface area contributed by atoms with Crippen LogP contribution in [0.1, 0.15) is 11.6 Å². The summed E-state index contributed by atoms with van der Waals surface area (Å²) in [6.07, 6.45) is 0. The van der Waals surface area contributed by atoms with Crippen LogP contribution in [0.5, 0.6) is 0 Å². The van der Waals surface area contributed by atoms with Crippen molar-refractivity contribution in [2.24, 2.45) is 0 Å². The third-order valence-corrected chi connectivity index (χ3v) is 4.43. The molecule has 6 nitrogen and oxygen atoms in total. The van der Waals surface area contributed by atoms with E-state index in [0.717, 1.165) is 11.3 Å². The molecule has 0 aliphatic carbocycles. The fourth-order valence-electron chi connectivity index (χ4n) is 2.58. The van der Waals surface area contributed by atoms with Crippen LogP contribution in [-0.4, -0.2) is 51.4 Å². The van der Waals surface area contributed by atoms with Gasteiger partial charge in [-0.05, 0) is 56.1 Å². The highest BCUT2D eigenvalue weighted by Crippen LogP contribution is 2.21. The van der Waals surface area contributed by atoms with E-state index in [-0.39, 0.29) is 6.04 Å². The Bertz CT molecular complexity index is 774. The minimum Gasteiger partial charge on any atom is -0.378 e. The Morgan fingerprint density at radius 3 is 2.04 bits per heavy atom. The molecule has 2 aromatic rings. The summed E-state index contributed by atoms with van der Waals surface area (Å²) in [6, 6.07) is 14.6. The molecule has 0 aliphatic heterocycles. The first-order valence-electron chi connectivity index (χ1n) is 8.56. The zero-order valence-corrected chi connectivity index (χ0v) is 16.7. The summed E-state index contributed by atoms with van der Waals surface area (Å²) < 4.78 is 0. The molecule has 0 heterocycles. The van der Waals surface area contributed by atoms with E-state index in [0.29, 0.717) is 17.3 Å². The molecule has 27 heavy (non-hydrogen) atoms. The molecule has 0 aromatic heterocycles. The predicted molar refractivity (Wildman–Crippen MR) is 110 cm³/mol. The Kier molecular flexibility index (Phi) is 7.21. The lowest BCUT2D eigenvalue weighted by Crippen LogP contribution is -2.40. The summed E-state index contributed by atoms with van der Waals surface area (Å²) in [5.74, 6) is -1.39. The summed E-state index contributed by atoms with van der Waals surface area (Å²) in [5, 5.41) is 5.82. The standard InChI is InChI=1S/C20H25ClN4O2/c1-24(2)17-11-5-14(6-12-17)18(25(3)4)13-22-19(26)20(27)23-16-9-7-15(21)8-10-16/h5-12,18H,13H2,1-4H3,(H,22,26)(H,23,27)/t18-/m1/s1. The number of hydrogen-bond acceptors (Lipinski definition) is 4. The van der Waals surface area contributed by atoms with Crippen molar-refractivity contribution < 1.29 is 9.59 Å². The monoisotopic (exact) mass is 388 g/mol. The van der Waals surface area contributed by atoms with E-state index in [1.165, 1.54) is 0 Å². The second kappa shape index (κ2) is 9.39. The molecular formula is C20H25ClN4O2. The summed E-state index contributed by atoms with van der Waals surface area (Å²) in [5.41, 5.74) is 2.68. The van der Waals surface area contributed by atoms with E-state index in [1.807, 2.05) is 62.3 Å². The lowest BCUT2D eigenvalue weighted by atomic mass is 10.1. The van der Waals surface area contributed by atoms with E-state index in [4.69, 9.17) is 11.6 Å². The van der Waals surface area contributed by atoms with Crippen LogP contribution < -0.4 is 15.5 Å². The van der Waals surface area contributed by atoms with Gasteiger partial charge in [0.05, 0.1) is 6.04 Å². The number of carbonyl (C=O) groups excluding carboxylic acids is 2. The first kappa shape index (κ1) is 20.7. The van der Waals surface area contributed by atoms with Gasteiger partial charge in [0.1, 0.15) is 0 Å². The largest absolute Gasteiger partial charge is 0.378 e. The van der Waals surface area contributed by atoms with Gasteiger partial charge < -0.3 is 20.4 Å². The second-order valence-electron chi connectivity index (χ2n) is 6.64. The molecule has 2 amide bonds. The first-order valence-corrected chi connectivity index (χ1v) is 8.94. The zero-order chi connectivity index (χ0) is 20.0. The molecular weight excluding hydrogens is 364 g/mol. The fourth-order valence-corrected chi connectivity index (χ4v) is 2.71. The summed E-state index contributed by atoms with van der Waals surface area (Å²) in [6.45, 7) is 0.321. The number of hydrogen-bond donors (Lipinski definition) is 2. The van der Waals surface area contributed by atoms with Crippen LogP contribution in [-0.2, 0) is 9.59 Å². The molecule has 2 N–H and O–H groups in total. The third kappa shape index (κ3) is 5.98. The molecule has 0 bridgehead atoms. The van der Waals surface area contributed by atoms with Crippen LogP contribution in [0.4, 0.5) is 11.4 Å². The number of carbonyl (C=O) groups is 2. The van der Waals surface area contributed by atoms with E-state index >= 15 is 0 Å². The number of nitrogens with one attached hydrogen (secondary N) is 2. The number of benzene rings is 2. The van der Waals surface area contributed by atoms with Gasteiger partial charge >= 0.3 is 11.8 Å². The first-order chi connectivity index (χ1) is 12.8. The van der Waals surface area contributed by atoms with Crippen LogP contribution in [0, 0.1) is 0 Å². The Hall–Kier alpha value is -2.57. The van der Waals surface area contributed by atoms with Crippen LogP contribution >= 0.6 is 11.6 Å². The molecule has 0 saturated carbocycles. The average Bonchev–Trinajstić information content (AvgIpc) is 2.63. The lowest BCUT2D eigenvalue weighted by molar-refractivity contribution is -0.136. The van der Waals surface area contributed by atoms with E-state index in [1.54, 1.807) is 24.3 Å². The predicted octanol–water partition coefficient (Wildman–Crippen LogP) is 2.76. The average molecular weight is 389 g/mol. The minimum atomic E-state index is -0.710. The van der Waals surface area contributed by atoms with Gasteiger partial charge in [0.2, 0.25) is 0 Å². The fraction of sp³-hybridized carbons (Fsp3) is 0.300. The molecule has 0 saturated heterocycles. The van der Waals surface area contributed by atoms with Crippen molar-refractivity contribution in [2.75, 3.05) is 45.0 Å². The number of rotatable bonds is 6. The quantitative estimate of drug-likeness (QED) is 0.747. The molecule has 0 fully saturated rings. The molecule has 2 aromatic carbocycles. The van der Waals surface area contributed by atoms with Gasteiger partial charge in [0, 0.05) is 37.0 Å². The van der Waals surface area contributed by atoms with Crippen molar-refractivity contribution in [3.05, 3.63) is 59.1 Å². The van der Waals surface area contributed by atoms with Gasteiger partial charge in [-0.1, -0.05) is 23.7 Å². The molecule has 0 aliphatic rings. The maximum atomic E-state index is 12.1. The topological polar surface area (TPSA) is 64.7 Å². The Balaban J connectivity index is 1.97. The highest BCUT2D eigenvalue weighted by Gasteiger charge is 2.19. The van der Waals surface area contributed by atoms with E-state index in [2.05, 4.69) is 10.6 Å². The van der Waals surface area contributed by atoms with E-state index < -0.39 is 11.8 Å². The van der Waals surface area contributed by atoms with Crippen molar-refractivity contribution in [1.82, 2.24) is 10.2 Å². The van der Waals surface area contributed by atoms with Crippen molar-refractivity contribution in [1.29, 1.82) is 0 Å². The van der Waals surface area contributed by atoms with Crippen molar-refractivity contribution >= 4 is 34.8 Å². The number of amides is 2. The smallest absolute Gasteiger partial charge is 0.313 e. The molecule has 1 atom stereocenters. The SMILES string of the molecule is CN(C)c1ccc([C@@H](CNC(=O)C(=O)Nc2ccc(Cl)cc2)N(C)C)cc1. The highest BCUT2D eigenvalue weighted by molar-refractivity contribution is 6.39. The normalized spacial score (nSPS) is 11.8. The minimum absolute atomic E-state index is 0.0477. The van der Waals surface area contributed by atoms with Gasteiger partial charge in [0.25, 0.3) is 0 Å². The summed E-state index contributed by atoms with van der Waals surface area (Å²) in [4.78, 5) is 28.2. The Morgan fingerprint density at radius 2 is 1.52 bits per heavy atom. The van der Waals surface area contributed by atoms with Crippen molar-refractivity contribution in [3.8, 4) is 0 Å². The molecule has 0 unspecified atom stereocenters. The summed E-state index contributed by atoms with van der Waals surface area (Å²) in [7, 11) is 7.84. The zero-order valence-electron chi connectivity index (χ0n) is 16.0. The van der Waals surface area contributed by atoms with Gasteiger partial charge in [-0.25, -0.2) is 0 Å². The molecule has 7 heteroatoms. The molecule has 2 rings (SSSR count). The third-order valence-electron chi connectivity index (χ3n) is 4.18. The second-order valence-corrected chi connectivity index (χ2v) is 7.07. The van der Waals surface area contributed by atoms with Crippen molar-refractivity contribution in [2.45, 2.75) is 6.04 Å². The number of nitrogens with zero attached hydrogens (tertiary/aromatic N) is 2. The lowest BCUT2D eigenvalue weighted by Gasteiger charge is -2.25. The summed E-state index contributed by atoms with van der Waals surface area (Å²) >= 11 is 5.81. The van der Waals surface area contributed by atoms with Crippen LogP contribution in [0.25, 0.3) is 0 Å². The van der Waals surface area contributed by atoms with Crippen LogP contribution in [0.3, 0.4) is 0 Å². The molecule has 0 spiro atoms. The van der Waals surface area contributed by atoms with Gasteiger partial charge in [-0.3, -0.25) is 9.59 Å². The molecule has 0 radical (unpaired) electrons. The number of anilines is 2. The van der Waals surface area contributed by atoms with E-state index in [9.17, 15) is 9.59 Å². The molecule has 144 valence electrons. The van der Waals surface area contributed by atoms with Crippen LogP contribution in [0.15, 0.2) is 48.5 Å². The van der Waals surface area contributed by atoms with Gasteiger partial charge in [0.15, 0.2) is 0 Å². The van der Waals surface area contributed by atoms with Gasteiger partial charge in [-0.2, -0.15) is 0 Å². The number of halogens is 1. The van der Waals surface area contributed by atoms with Crippen LogP contribution in [0.2, 0.25) is 5.02 Å². The Labute approximate surface area is 165 Å². The number of likely N-dealkylation sites (N-methyl/N-ethyl adjacent to an activating group) is 1. The Morgan fingerprint density at radius 1 is 0.926 bits per heavy atom.